The van der Waals surface area contributed by atoms with Gasteiger partial charge in [0.15, 0.2) is 5.60 Å². The maximum absolute atomic E-state index is 12.9. The molecule has 0 amide bonds. The van der Waals surface area contributed by atoms with Crippen LogP contribution in [0.5, 0.6) is 5.75 Å². The number of anilines is 1. The van der Waals surface area contributed by atoms with Crippen LogP contribution in [0, 0.1) is 6.92 Å². The van der Waals surface area contributed by atoms with Gasteiger partial charge in [0.05, 0.1) is 5.69 Å². The van der Waals surface area contributed by atoms with E-state index in [1.807, 2.05) is 48.2 Å². The van der Waals surface area contributed by atoms with E-state index in [1.165, 1.54) is 0 Å². The molecule has 0 unspecified atom stereocenters. The number of aryl methyl sites for hydroxylation is 1. The van der Waals surface area contributed by atoms with Crippen LogP contribution in [-0.4, -0.2) is 35.5 Å². The summed E-state index contributed by atoms with van der Waals surface area (Å²) >= 11 is 0. The number of amidine groups is 1. The van der Waals surface area contributed by atoms with Crippen molar-refractivity contribution >= 4 is 23.0 Å². The highest BCUT2D eigenvalue weighted by atomic mass is 16.5. The van der Waals surface area contributed by atoms with Crippen LogP contribution in [0.2, 0.25) is 0 Å². The van der Waals surface area contributed by atoms with Gasteiger partial charge in [-0.05, 0) is 43.3 Å². The summed E-state index contributed by atoms with van der Waals surface area (Å²) in [5.74, 6) is 0.874. The summed E-state index contributed by atoms with van der Waals surface area (Å²) in [5, 5.41) is 11.1. The molecule has 0 saturated carbocycles. The number of hydrogen-bond acceptors (Lipinski definition) is 5. The van der Waals surface area contributed by atoms with Gasteiger partial charge in [0, 0.05) is 24.2 Å². The molecule has 4 rings (SSSR count). The first-order valence-electron chi connectivity index (χ1n) is 8.61. The minimum absolute atomic E-state index is 0.269. The van der Waals surface area contributed by atoms with Crippen molar-refractivity contribution in [1.82, 2.24) is 0 Å². The Hall–Kier alpha value is -2.92. The zero-order valence-corrected chi connectivity index (χ0v) is 14.6. The molecule has 5 heteroatoms. The van der Waals surface area contributed by atoms with Gasteiger partial charge in [0.25, 0.3) is 0 Å². The number of ether oxygens (including phenoxy) is 1. The van der Waals surface area contributed by atoms with Crippen LogP contribution < -0.4 is 9.64 Å². The maximum atomic E-state index is 12.9. The van der Waals surface area contributed by atoms with Gasteiger partial charge in [0.1, 0.15) is 18.2 Å². The highest BCUT2D eigenvalue weighted by Crippen LogP contribution is 2.39. The van der Waals surface area contributed by atoms with Crippen LogP contribution in [0.4, 0.5) is 11.4 Å². The van der Waals surface area contributed by atoms with Crippen molar-refractivity contribution in [1.29, 1.82) is 0 Å². The first-order chi connectivity index (χ1) is 12.5. The third-order valence-corrected chi connectivity index (χ3v) is 4.84. The molecule has 0 aromatic heterocycles. The van der Waals surface area contributed by atoms with Crippen LogP contribution in [0.3, 0.4) is 0 Å². The predicted molar refractivity (Wildman–Crippen MR) is 102 cm³/mol. The molecule has 2 aliphatic heterocycles. The molecule has 0 radical (unpaired) electrons. The fourth-order valence-electron chi connectivity index (χ4n) is 3.48. The molecule has 2 heterocycles. The van der Waals surface area contributed by atoms with Crippen LogP contribution >= 0.6 is 0 Å². The largest absolute Gasteiger partial charge is 0.490 e. The normalized spacial score (nSPS) is 21.1. The second-order valence-electron chi connectivity index (χ2n) is 6.64. The number of rotatable bonds is 4. The van der Waals surface area contributed by atoms with E-state index in [-0.39, 0.29) is 5.78 Å². The Bertz CT molecular complexity index is 917. The number of aliphatic hydroxyl groups is 1. The number of Topliss-reactive ketones (excluding diaryl/α,β-unsaturated/α-hetero) is 1. The fourth-order valence-corrected chi connectivity index (χ4v) is 3.48. The summed E-state index contributed by atoms with van der Waals surface area (Å²) in [6.45, 7) is 6.53. The van der Waals surface area contributed by atoms with Gasteiger partial charge in [-0.1, -0.05) is 24.3 Å². The van der Waals surface area contributed by atoms with Crippen molar-refractivity contribution in [2.45, 2.75) is 18.9 Å². The monoisotopic (exact) mass is 348 g/mol. The molecule has 26 heavy (non-hydrogen) atoms. The topological polar surface area (TPSA) is 62.1 Å². The Labute approximate surface area is 152 Å². The number of carbonyl (C=O) groups excluding carboxylic acids is 1. The second-order valence-corrected chi connectivity index (χ2v) is 6.64. The van der Waals surface area contributed by atoms with Crippen molar-refractivity contribution in [3.8, 4) is 5.75 Å². The lowest BCUT2D eigenvalue weighted by atomic mass is 9.87. The standard InChI is InChI=1S/C21H20N2O3/c1-3-12-26-16-7-5-15(6-8-16)23-11-10-21(25)19(24)17-13-14(2)4-9-18(17)22-20(21)23/h3-9,13,25H,1,10-12H2,2H3/t21-/m1/s1. The van der Waals surface area contributed by atoms with Gasteiger partial charge in [-0.2, -0.15) is 0 Å². The van der Waals surface area contributed by atoms with Gasteiger partial charge in [-0.3, -0.25) is 4.79 Å². The highest BCUT2D eigenvalue weighted by molar-refractivity contribution is 6.28. The summed E-state index contributed by atoms with van der Waals surface area (Å²) in [4.78, 5) is 19.5. The number of aliphatic imine (C=N–C) groups is 1. The van der Waals surface area contributed by atoms with E-state index in [2.05, 4.69) is 11.6 Å². The minimum atomic E-state index is -1.56. The molecule has 2 aromatic rings. The lowest BCUT2D eigenvalue weighted by molar-refractivity contribution is 0.0602. The summed E-state index contributed by atoms with van der Waals surface area (Å²) < 4.78 is 5.50. The molecule has 0 spiro atoms. The van der Waals surface area contributed by atoms with Crippen molar-refractivity contribution in [2.75, 3.05) is 18.1 Å². The van der Waals surface area contributed by atoms with E-state index in [0.717, 1.165) is 17.0 Å². The number of ketones is 1. The van der Waals surface area contributed by atoms with Gasteiger partial charge in [-0.15, -0.1) is 0 Å². The Kier molecular flexibility index (Phi) is 3.89. The number of nitrogens with zero attached hydrogens (tertiary/aromatic N) is 2. The van der Waals surface area contributed by atoms with Crippen molar-refractivity contribution in [3.05, 3.63) is 66.2 Å². The predicted octanol–water partition coefficient (Wildman–Crippen LogP) is 3.43. The SMILES string of the molecule is C=CCOc1ccc(N2CC[C@@]3(O)C(=O)c4cc(C)ccc4N=C23)cc1. The lowest BCUT2D eigenvalue weighted by Crippen LogP contribution is -2.48. The van der Waals surface area contributed by atoms with Crippen molar-refractivity contribution < 1.29 is 14.6 Å². The second kappa shape index (κ2) is 6.11. The van der Waals surface area contributed by atoms with Crippen molar-refractivity contribution in [3.63, 3.8) is 0 Å². The smallest absolute Gasteiger partial charge is 0.204 e. The van der Waals surface area contributed by atoms with E-state index in [1.54, 1.807) is 12.1 Å². The summed E-state index contributed by atoms with van der Waals surface area (Å²) in [7, 11) is 0. The average molecular weight is 348 g/mol. The van der Waals surface area contributed by atoms with Gasteiger partial charge >= 0.3 is 0 Å². The average Bonchev–Trinajstić information content (AvgIpc) is 2.99. The molecule has 0 bridgehead atoms. The quantitative estimate of drug-likeness (QED) is 0.860. The summed E-state index contributed by atoms with van der Waals surface area (Å²) in [6.07, 6.45) is 2.02. The lowest BCUT2D eigenvalue weighted by Gasteiger charge is -2.29. The van der Waals surface area contributed by atoms with Crippen molar-refractivity contribution in [2.24, 2.45) is 4.99 Å². The third-order valence-electron chi connectivity index (χ3n) is 4.84. The fraction of sp³-hybridized carbons (Fsp3) is 0.238. The van der Waals surface area contributed by atoms with E-state index >= 15 is 0 Å². The number of benzene rings is 2. The Morgan fingerprint density at radius 1 is 1.31 bits per heavy atom. The first kappa shape index (κ1) is 16.5. The highest BCUT2D eigenvalue weighted by Gasteiger charge is 2.52. The molecule has 2 aromatic carbocycles. The van der Waals surface area contributed by atoms with Crippen LogP contribution in [0.15, 0.2) is 60.1 Å². The molecule has 1 fully saturated rings. The molecule has 0 aliphatic carbocycles. The van der Waals surface area contributed by atoms with Gasteiger partial charge in [0.2, 0.25) is 5.78 Å². The number of carbonyl (C=O) groups is 1. The van der Waals surface area contributed by atoms with Crippen LogP contribution in [0.25, 0.3) is 0 Å². The maximum Gasteiger partial charge on any atom is 0.204 e. The van der Waals surface area contributed by atoms with Gasteiger partial charge < -0.3 is 14.7 Å². The van der Waals surface area contributed by atoms with E-state index in [4.69, 9.17) is 4.74 Å². The molecule has 2 aliphatic rings. The zero-order chi connectivity index (χ0) is 18.3. The van der Waals surface area contributed by atoms with E-state index in [0.29, 0.717) is 36.7 Å². The number of hydrogen-bond donors (Lipinski definition) is 1. The minimum Gasteiger partial charge on any atom is -0.490 e. The molecule has 1 atom stereocenters. The van der Waals surface area contributed by atoms with Crippen LogP contribution in [0.1, 0.15) is 22.3 Å². The van der Waals surface area contributed by atoms with E-state index in [9.17, 15) is 9.90 Å². The molecule has 132 valence electrons. The van der Waals surface area contributed by atoms with E-state index < -0.39 is 5.60 Å². The molecule has 5 nitrogen and oxygen atoms in total. The van der Waals surface area contributed by atoms with Crippen LogP contribution in [-0.2, 0) is 0 Å². The molecular weight excluding hydrogens is 328 g/mol. The summed E-state index contributed by atoms with van der Waals surface area (Å²) in [6, 6.07) is 13.1. The molecule has 1 saturated heterocycles. The third kappa shape index (κ3) is 2.52. The Morgan fingerprint density at radius 3 is 2.81 bits per heavy atom. The van der Waals surface area contributed by atoms with Gasteiger partial charge in [-0.25, -0.2) is 4.99 Å². The Balaban J connectivity index is 1.71. The molecule has 1 N–H and O–H groups in total. The number of fused-ring (bicyclic) bond motifs is 2. The first-order valence-corrected chi connectivity index (χ1v) is 8.61. The summed E-state index contributed by atoms with van der Waals surface area (Å²) in [5.41, 5.74) is 1.39. The molecular formula is C21H20N2O3. The zero-order valence-electron chi connectivity index (χ0n) is 14.6. The Morgan fingerprint density at radius 2 is 2.08 bits per heavy atom.